The van der Waals surface area contributed by atoms with Crippen molar-refractivity contribution >= 4 is 5.97 Å². The molecular weight excluding hydrogens is 310 g/mol. The summed E-state index contributed by atoms with van der Waals surface area (Å²) in [6.07, 6.45) is 11.6. The Hall–Kier alpha value is -1.30. The first-order valence-corrected chi connectivity index (χ1v) is 10.1. The summed E-state index contributed by atoms with van der Waals surface area (Å²) >= 11 is 0. The molecule has 136 valence electrons. The Morgan fingerprint density at radius 1 is 1.20 bits per heavy atom. The van der Waals surface area contributed by atoms with E-state index in [4.69, 9.17) is 4.74 Å². The van der Waals surface area contributed by atoms with E-state index in [2.05, 4.69) is 26.0 Å². The van der Waals surface area contributed by atoms with Crippen LogP contribution in [0.4, 0.5) is 0 Å². The van der Waals surface area contributed by atoms with Gasteiger partial charge >= 0.3 is 5.97 Å². The lowest BCUT2D eigenvalue weighted by Gasteiger charge is -2.57. The van der Waals surface area contributed by atoms with E-state index < -0.39 is 0 Å². The minimum Gasteiger partial charge on any atom is -0.462 e. The quantitative estimate of drug-likeness (QED) is 0.497. The van der Waals surface area contributed by atoms with Gasteiger partial charge in [-0.1, -0.05) is 25.5 Å². The number of esters is 1. The number of ether oxygens (including phenoxy) is 1. The molecule has 0 aromatic rings. The Morgan fingerprint density at radius 2 is 2.00 bits per heavy atom. The van der Waals surface area contributed by atoms with E-state index in [1.54, 1.807) is 5.57 Å². The smallest absolute Gasteiger partial charge is 0.302 e. The van der Waals surface area contributed by atoms with Crippen molar-refractivity contribution in [3.05, 3.63) is 11.6 Å². The van der Waals surface area contributed by atoms with Crippen LogP contribution in [0.1, 0.15) is 72.1 Å². The number of fused-ring (bicyclic) bond motifs is 5. The van der Waals surface area contributed by atoms with Crippen LogP contribution in [0.2, 0.25) is 0 Å². The summed E-state index contributed by atoms with van der Waals surface area (Å²) in [7, 11) is 0. The molecule has 7 atom stereocenters. The molecule has 3 nitrogen and oxygen atoms in total. The van der Waals surface area contributed by atoms with Crippen LogP contribution in [0.3, 0.4) is 0 Å². The molecule has 3 heteroatoms. The van der Waals surface area contributed by atoms with E-state index >= 15 is 0 Å². The molecule has 3 fully saturated rings. The van der Waals surface area contributed by atoms with Gasteiger partial charge in [-0.15, -0.1) is 0 Å². The molecular formula is C22H31NO2. The maximum atomic E-state index is 11.3. The third kappa shape index (κ3) is 2.47. The number of hydrogen-bond donors (Lipinski definition) is 0. The van der Waals surface area contributed by atoms with Gasteiger partial charge in [0, 0.05) is 13.3 Å². The fraction of sp³-hybridized carbons (Fsp3) is 0.818. The number of carbonyl (C=O) groups is 1. The van der Waals surface area contributed by atoms with Gasteiger partial charge in [-0.3, -0.25) is 4.79 Å². The molecule has 0 heterocycles. The molecule has 0 aromatic carbocycles. The zero-order chi connectivity index (χ0) is 17.8. The summed E-state index contributed by atoms with van der Waals surface area (Å²) in [6, 6.07) is 2.63. The molecule has 0 saturated heterocycles. The number of nitriles is 1. The van der Waals surface area contributed by atoms with Crippen LogP contribution in [-0.2, 0) is 9.53 Å². The van der Waals surface area contributed by atoms with Crippen molar-refractivity contribution in [3.63, 3.8) is 0 Å². The summed E-state index contributed by atoms with van der Waals surface area (Å²) < 4.78 is 5.52. The highest BCUT2D eigenvalue weighted by atomic mass is 16.5. The van der Waals surface area contributed by atoms with E-state index in [-0.39, 0.29) is 28.8 Å². The zero-order valence-electron chi connectivity index (χ0n) is 15.9. The summed E-state index contributed by atoms with van der Waals surface area (Å²) in [5.41, 5.74) is 2.07. The molecule has 0 N–H and O–H groups in total. The second-order valence-corrected chi connectivity index (χ2v) is 9.54. The molecule has 3 saturated carbocycles. The van der Waals surface area contributed by atoms with Gasteiger partial charge in [0.2, 0.25) is 0 Å². The lowest BCUT2D eigenvalue weighted by atomic mass is 9.47. The van der Waals surface area contributed by atoms with Gasteiger partial charge in [-0.05, 0) is 73.5 Å². The highest BCUT2D eigenvalue weighted by Gasteiger charge is 2.58. The monoisotopic (exact) mass is 341 g/mol. The molecule has 25 heavy (non-hydrogen) atoms. The molecule has 0 radical (unpaired) electrons. The summed E-state index contributed by atoms with van der Waals surface area (Å²) in [5, 5.41) is 9.60. The Labute approximate surface area is 151 Å². The fourth-order valence-corrected chi connectivity index (χ4v) is 7.18. The average molecular weight is 341 g/mol. The van der Waals surface area contributed by atoms with Gasteiger partial charge in [0.05, 0.1) is 12.0 Å². The Kier molecular flexibility index (Phi) is 4.02. The second kappa shape index (κ2) is 5.86. The minimum absolute atomic E-state index is 0.0803. The van der Waals surface area contributed by atoms with Crippen molar-refractivity contribution in [3.8, 4) is 6.07 Å². The van der Waals surface area contributed by atoms with Crippen molar-refractivity contribution < 1.29 is 9.53 Å². The van der Waals surface area contributed by atoms with E-state index in [0.717, 1.165) is 43.4 Å². The highest BCUT2D eigenvalue weighted by Crippen LogP contribution is 2.66. The number of allylic oxidation sites excluding steroid dienone is 1. The van der Waals surface area contributed by atoms with Crippen molar-refractivity contribution in [1.82, 2.24) is 0 Å². The predicted molar refractivity (Wildman–Crippen MR) is 96.4 cm³/mol. The molecule has 0 bridgehead atoms. The number of hydrogen-bond acceptors (Lipinski definition) is 3. The molecule has 4 aliphatic rings. The molecule has 0 aromatic heterocycles. The lowest BCUT2D eigenvalue weighted by Crippen LogP contribution is -2.50. The van der Waals surface area contributed by atoms with Gasteiger partial charge in [-0.2, -0.15) is 5.26 Å². The zero-order valence-corrected chi connectivity index (χ0v) is 15.9. The van der Waals surface area contributed by atoms with Crippen LogP contribution in [-0.4, -0.2) is 12.1 Å². The maximum Gasteiger partial charge on any atom is 0.302 e. The maximum absolute atomic E-state index is 11.3. The first-order valence-electron chi connectivity index (χ1n) is 10.1. The van der Waals surface area contributed by atoms with Gasteiger partial charge < -0.3 is 4.74 Å². The summed E-state index contributed by atoms with van der Waals surface area (Å²) in [5.74, 6) is 2.33. The van der Waals surface area contributed by atoms with Crippen molar-refractivity contribution in [2.45, 2.75) is 78.2 Å². The first kappa shape index (κ1) is 17.1. The normalized spacial score (nSPS) is 48.4. The molecule has 0 spiro atoms. The molecule has 4 aliphatic carbocycles. The third-order valence-electron chi connectivity index (χ3n) is 8.55. The van der Waals surface area contributed by atoms with E-state index in [1.165, 1.54) is 32.6 Å². The van der Waals surface area contributed by atoms with Gasteiger partial charge in [-0.25, -0.2) is 0 Å². The number of carbonyl (C=O) groups excluding carboxylic acids is 1. The largest absolute Gasteiger partial charge is 0.462 e. The fourth-order valence-electron chi connectivity index (χ4n) is 7.18. The molecule has 0 unspecified atom stereocenters. The SMILES string of the molecule is CC(=O)O[C@@H]1CC[C@@]2(C)C(=CC[C@@H]3[C@@H]4CC[C@H](C#N)[C@@]4(C)CC[C@@H]32)C1. The topological polar surface area (TPSA) is 50.1 Å². The van der Waals surface area contributed by atoms with Gasteiger partial charge in [0.1, 0.15) is 6.10 Å². The first-order chi connectivity index (χ1) is 11.9. The van der Waals surface area contributed by atoms with Crippen molar-refractivity contribution in [2.75, 3.05) is 0 Å². The predicted octanol–water partition coefficient (Wildman–Crippen LogP) is 5.02. The third-order valence-corrected chi connectivity index (χ3v) is 8.55. The Bertz CT molecular complexity index is 647. The average Bonchev–Trinajstić information content (AvgIpc) is 2.91. The van der Waals surface area contributed by atoms with Crippen LogP contribution >= 0.6 is 0 Å². The highest BCUT2D eigenvalue weighted by molar-refractivity contribution is 5.66. The summed E-state index contributed by atoms with van der Waals surface area (Å²) in [6.45, 7) is 6.39. The lowest BCUT2D eigenvalue weighted by molar-refractivity contribution is -0.148. The van der Waals surface area contributed by atoms with Crippen LogP contribution < -0.4 is 0 Å². The molecule has 4 rings (SSSR count). The number of nitrogens with zero attached hydrogens (tertiary/aromatic N) is 1. The van der Waals surface area contributed by atoms with E-state index in [9.17, 15) is 10.1 Å². The van der Waals surface area contributed by atoms with E-state index in [1.807, 2.05) is 0 Å². The van der Waals surface area contributed by atoms with Crippen LogP contribution in [0.15, 0.2) is 11.6 Å². The van der Waals surface area contributed by atoms with Crippen LogP contribution in [0.5, 0.6) is 0 Å². The van der Waals surface area contributed by atoms with Gasteiger partial charge in [0.25, 0.3) is 0 Å². The molecule has 0 aliphatic heterocycles. The minimum atomic E-state index is -0.148. The van der Waals surface area contributed by atoms with Crippen LogP contribution in [0.25, 0.3) is 0 Å². The van der Waals surface area contributed by atoms with Crippen molar-refractivity contribution in [1.29, 1.82) is 5.26 Å². The Balaban J connectivity index is 1.59. The summed E-state index contributed by atoms with van der Waals surface area (Å²) in [4.78, 5) is 11.3. The van der Waals surface area contributed by atoms with Crippen LogP contribution in [0, 0.1) is 45.8 Å². The second-order valence-electron chi connectivity index (χ2n) is 9.54. The van der Waals surface area contributed by atoms with Crippen molar-refractivity contribution in [2.24, 2.45) is 34.5 Å². The van der Waals surface area contributed by atoms with Gasteiger partial charge in [0.15, 0.2) is 0 Å². The molecule has 0 amide bonds. The van der Waals surface area contributed by atoms with E-state index in [0.29, 0.717) is 0 Å². The Morgan fingerprint density at radius 3 is 2.72 bits per heavy atom. The standard InChI is InChI=1S/C22H31NO2/c1-14(24)25-17-8-10-21(2)15(12-17)4-6-18-19-7-5-16(13-23)22(19,3)11-9-20(18)21/h4,16-20H,5-12H2,1-3H3/t16-,17-,18-,19+,20+,21+,22-/m1/s1. The number of rotatable bonds is 1.